The molecule has 1 fully saturated rings. The lowest BCUT2D eigenvalue weighted by Crippen LogP contribution is -2.16. The zero-order valence-corrected chi connectivity index (χ0v) is 16.4. The Hall–Kier alpha value is -1.70. The van der Waals surface area contributed by atoms with Crippen LogP contribution in [0, 0.1) is 5.92 Å². The Kier molecular flexibility index (Phi) is 4.41. The average molecular weight is 353 g/mol. The average Bonchev–Trinajstić information content (AvgIpc) is 3.17. The van der Waals surface area contributed by atoms with Crippen molar-refractivity contribution < 1.29 is 10.2 Å². The molecular formula is C24H32O2. The first kappa shape index (κ1) is 17.7. The van der Waals surface area contributed by atoms with E-state index in [9.17, 15) is 10.2 Å². The third-order valence-electron chi connectivity index (χ3n) is 7.21. The van der Waals surface area contributed by atoms with E-state index >= 15 is 0 Å². The van der Waals surface area contributed by atoms with Gasteiger partial charge in [0.2, 0.25) is 0 Å². The van der Waals surface area contributed by atoms with Crippen molar-refractivity contribution >= 4 is 10.8 Å². The molecule has 4 rings (SSSR count). The Morgan fingerprint density at radius 3 is 2.73 bits per heavy atom. The van der Waals surface area contributed by atoms with Gasteiger partial charge in [-0.05, 0) is 48.5 Å². The number of unbranched alkanes of at least 4 members (excludes halogenated alkanes) is 1. The summed E-state index contributed by atoms with van der Waals surface area (Å²) in [4.78, 5) is 0. The van der Waals surface area contributed by atoms with E-state index < -0.39 is 0 Å². The van der Waals surface area contributed by atoms with Crippen LogP contribution < -0.4 is 0 Å². The summed E-state index contributed by atoms with van der Waals surface area (Å²) >= 11 is 0. The quantitative estimate of drug-likeness (QED) is 0.579. The number of phenols is 2. The van der Waals surface area contributed by atoms with Crippen molar-refractivity contribution in [3.8, 4) is 11.5 Å². The second kappa shape index (κ2) is 6.48. The number of aromatic hydroxyl groups is 2. The van der Waals surface area contributed by atoms with Crippen molar-refractivity contribution in [3.05, 3.63) is 34.9 Å². The molecule has 3 atom stereocenters. The molecule has 2 nitrogen and oxygen atoms in total. The fourth-order valence-corrected chi connectivity index (χ4v) is 5.74. The van der Waals surface area contributed by atoms with Gasteiger partial charge in [0, 0.05) is 21.9 Å². The fourth-order valence-electron chi connectivity index (χ4n) is 5.74. The minimum absolute atomic E-state index is 0.0405. The lowest BCUT2D eigenvalue weighted by Gasteiger charge is -2.27. The van der Waals surface area contributed by atoms with Crippen molar-refractivity contribution in [2.75, 3.05) is 0 Å². The summed E-state index contributed by atoms with van der Waals surface area (Å²) in [5.41, 5.74) is 3.33. The first-order valence-corrected chi connectivity index (χ1v) is 10.5. The van der Waals surface area contributed by atoms with Gasteiger partial charge in [0.05, 0.1) is 0 Å². The molecule has 2 heteroatoms. The SMILES string of the molecule is CCCCC(CC)Cc1cccc2c(O)c3c(c(O)c12)C1CCC3(C)C1. The molecule has 26 heavy (non-hydrogen) atoms. The number of benzene rings is 2. The van der Waals surface area contributed by atoms with Crippen molar-refractivity contribution in [2.45, 2.75) is 83.5 Å². The van der Waals surface area contributed by atoms with Gasteiger partial charge >= 0.3 is 0 Å². The van der Waals surface area contributed by atoms with E-state index in [4.69, 9.17) is 0 Å². The second-order valence-electron chi connectivity index (χ2n) is 8.95. The van der Waals surface area contributed by atoms with Gasteiger partial charge < -0.3 is 10.2 Å². The normalized spacial score (nSPS) is 25.0. The Morgan fingerprint density at radius 2 is 2.00 bits per heavy atom. The zero-order chi connectivity index (χ0) is 18.5. The summed E-state index contributed by atoms with van der Waals surface area (Å²) in [6.07, 6.45) is 9.21. The molecule has 1 saturated carbocycles. The predicted molar refractivity (Wildman–Crippen MR) is 108 cm³/mol. The van der Waals surface area contributed by atoms with Crippen LogP contribution in [-0.2, 0) is 11.8 Å². The van der Waals surface area contributed by atoms with Gasteiger partial charge in [-0.25, -0.2) is 0 Å². The third-order valence-corrected chi connectivity index (χ3v) is 7.21. The highest BCUT2D eigenvalue weighted by molar-refractivity contribution is 5.99. The molecule has 2 aromatic carbocycles. The van der Waals surface area contributed by atoms with E-state index in [0.29, 0.717) is 23.3 Å². The molecular weight excluding hydrogens is 320 g/mol. The van der Waals surface area contributed by atoms with Gasteiger partial charge in [-0.1, -0.05) is 64.7 Å². The molecule has 0 aliphatic heterocycles. The zero-order valence-electron chi connectivity index (χ0n) is 16.4. The molecule has 0 saturated heterocycles. The van der Waals surface area contributed by atoms with Crippen LogP contribution in [0.3, 0.4) is 0 Å². The summed E-state index contributed by atoms with van der Waals surface area (Å²) in [5.74, 6) is 1.95. The highest BCUT2D eigenvalue weighted by Gasteiger charge is 2.49. The maximum atomic E-state index is 11.3. The van der Waals surface area contributed by atoms with E-state index in [1.807, 2.05) is 12.1 Å². The minimum Gasteiger partial charge on any atom is -0.507 e. The Balaban J connectivity index is 1.85. The maximum absolute atomic E-state index is 11.3. The molecule has 140 valence electrons. The predicted octanol–water partition coefficient (Wildman–Crippen LogP) is 6.55. The van der Waals surface area contributed by atoms with E-state index in [1.165, 1.54) is 24.8 Å². The molecule has 0 aromatic heterocycles. The lowest BCUT2D eigenvalue weighted by molar-refractivity contribution is 0.426. The summed E-state index contributed by atoms with van der Waals surface area (Å²) < 4.78 is 0. The van der Waals surface area contributed by atoms with Crippen LogP contribution in [0.15, 0.2) is 18.2 Å². The van der Waals surface area contributed by atoms with E-state index in [0.717, 1.165) is 54.0 Å². The van der Waals surface area contributed by atoms with Gasteiger partial charge in [0.15, 0.2) is 0 Å². The molecule has 0 heterocycles. The van der Waals surface area contributed by atoms with Crippen molar-refractivity contribution in [3.63, 3.8) is 0 Å². The Labute approximate surface area is 157 Å². The number of fused-ring (bicyclic) bond motifs is 6. The molecule has 2 aliphatic rings. The van der Waals surface area contributed by atoms with Gasteiger partial charge in [0.1, 0.15) is 11.5 Å². The van der Waals surface area contributed by atoms with E-state index in [-0.39, 0.29) is 5.41 Å². The van der Waals surface area contributed by atoms with Crippen molar-refractivity contribution in [1.82, 2.24) is 0 Å². The number of hydrogen-bond acceptors (Lipinski definition) is 2. The van der Waals surface area contributed by atoms with Crippen molar-refractivity contribution in [1.29, 1.82) is 0 Å². The van der Waals surface area contributed by atoms with Crippen LogP contribution in [0.2, 0.25) is 0 Å². The third kappa shape index (κ3) is 2.52. The van der Waals surface area contributed by atoms with Gasteiger partial charge in [-0.3, -0.25) is 0 Å². The molecule has 2 aliphatic carbocycles. The van der Waals surface area contributed by atoms with Gasteiger partial charge in [-0.2, -0.15) is 0 Å². The standard InChI is InChI=1S/C24H32O2/c1-4-6-8-15(5-2)13-16-9-7-10-18-19(16)23(26)20-17-11-12-24(3,14-17)21(20)22(18)25/h7,9-10,15,17,25-26H,4-6,8,11-14H2,1-3H3. The van der Waals surface area contributed by atoms with E-state index in [2.05, 4.69) is 26.8 Å². The summed E-state index contributed by atoms with van der Waals surface area (Å²) in [6, 6.07) is 6.18. The minimum atomic E-state index is 0.0405. The van der Waals surface area contributed by atoms with Crippen molar-refractivity contribution in [2.24, 2.45) is 5.92 Å². The Morgan fingerprint density at radius 1 is 1.19 bits per heavy atom. The highest BCUT2D eigenvalue weighted by atomic mass is 16.3. The monoisotopic (exact) mass is 352 g/mol. The first-order chi connectivity index (χ1) is 12.5. The smallest absolute Gasteiger partial charge is 0.127 e. The first-order valence-electron chi connectivity index (χ1n) is 10.5. The van der Waals surface area contributed by atoms with Crippen LogP contribution >= 0.6 is 0 Å². The number of hydrogen-bond donors (Lipinski definition) is 2. The van der Waals surface area contributed by atoms with Gasteiger partial charge in [0.25, 0.3) is 0 Å². The van der Waals surface area contributed by atoms with Crippen LogP contribution in [0.4, 0.5) is 0 Å². The van der Waals surface area contributed by atoms with Crippen LogP contribution in [0.1, 0.15) is 88.3 Å². The number of rotatable bonds is 6. The molecule has 0 radical (unpaired) electrons. The molecule has 0 spiro atoms. The molecule has 2 bridgehead atoms. The van der Waals surface area contributed by atoms with Gasteiger partial charge in [-0.15, -0.1) is 0 Å². The van der Waals surface area contributed by atoms with Crippen LogP contribution in [0.5, 0.6) is 11.5 Å². The largest absolute Gasteiger partial charge is 0.507 e. The molecule has 2 aromatic rings. The topological polar surface area (TPSA) is 40.5 Å². The van der Waals surface area contributed by atoms with Crippen LogP contribution in [0.25, 0.3) is 10.8 Å². The highest BCUT2D eigenvalue weighted by Crippen LogP contribution is 2.63. The maximum Gasteiger partial charge on any atom is 0.127 e. The van der Waals surface area contributed by atoms with Crippen LogP contribution in [-0.4, -0.2) is 10.2 Å². The second-order valence-corrected chi connectivity index (χ2v) is 8.95. The van der Waals surface area contributed by atoms with E-state index in [1.54, 1.807) is 0 Å². The summed E-state index contributed by atoms with van der Waals surface area (Å²) in [5, 5.41) is 24.1. The summed E-state index contributed by atoms with van der Waals surface area (Å²) in [6.45, 7) is 6.76. The molecule has 2 N–H and O–H groups in total. The molecule has 0 amide bonds. The summed E-state index contributed by atoms with van der Waals surface area (Å²) in [7, 11) is 0. The Bertz CT molecular complexity index is 838. The fraction of sp³-hybridized carbons (Fsp3) is 0.583. The molecule has 3 unspecified atom stereocenters. The lowest BCUT2D eigenvalue weighted by atomic mass is 9.78. The number of phenolic OH excluding ortho intramolecular Hbond substituents is 2.